The fourth-order valence-corrected chi connectivity index (χ4v) is 3.55. The molecule has 118 valence electrons. The normalized spacial score (nSPS) is 27.9. The number of alkyl halides is 3. The molecule has 1 heterocycles. The van der Waals surface area contributed by atoms with Crippen molar-refractivity contribution in [3.05, 3.63) is 0 Å². The summed E-state index contributed by atoms with van der Waals surface area (Å²) in [6.07, 6.45) is 2.26. The second kappa shape index (κ2) is 6.62. The zero-order valence-electron chi connectivity index (χ0n) is 12.1. The third-order valence-corrected chi connectivity index (χ3v) is 4.74. The summed E-state index contributed by atoms with van der Waals surface area (Å²) in [6, 6.07) is 0.383. The van der Waals surface area contributed by atoms with E-state index < -0.39 is 6.36 Å². The van der Waals surface area contributed by atoms with Gasteiger partial charge in [-0.15, -0.1) is 13.2 Å². The first-order chi connectivity index (χ1) is 9.45. The average molecular weight is 294 g/mol. The van der Waals surface area contributed by atoms with Crippen molar-refractivity contribution in [2.24, 2.45) is 0 Å². The highest BCUT2D eigenvalue weighted by molar-refractivity contribution is 5.00. The van der Waals surface area contributed by atoms with Gasteiger partial charge in [-0.2, -0.15) is 0 Å². The van der Waals surface area contributed by atoms with Crippen LogP contribution in [0.3, 0.4) is 0 Å². The Morgan fingerprint density at radius 3 is 2.55 bits per heavy atom. The molecule has 1 saturated carbocycles. The molecule has 0 aromatic rings. The van der Waals surface area contributed by atoms with Crippen LogP contribution in [0.5, 0.6) is 0 Å². The van der Waals surface area contributed by atoms with Gasteiger partial charge in [0.15, 0.2) is 0 Å². The third kappa shape index (κ3) is 4.09. The number of piperazine rings is 1. The number of nitrogens with zero attached hydrogens (tertiary/aromatic N) is 1. The van der Waals surface area contributed by atoms with Crippen LogP contribution >= 0.6 is 0 Å². The van der Waals surface area contributed by atoms with E-state index >= 15 is 0 Å². The Bertz CT molecular complexity index is 303. The molecule has 20 heavy (non-hydrogen) atoms. The third-order valence-electron chi connectivity index (χ3n) is 4.74. The molecule has 1 N–H and O–H groups in total. The largest absolute Gasteiger partial charge is 0.522 e. The van der Waals surface area contributed by atoms with Gasteiger partial charge in [-0.25, -0.2) is 0 Å². The molecular formula is C14H25F3N2O. The minimum absolute atomic E-state index is 0.0544. The lowest BCUT2D eigenvalue weighted by Gasteiger charge is -2.52. The first-order valence-electron chi connectivity index (χ1n) is 7.64. The van der Waals surface area contributed by atoms with E-state index in [9.17, 15) is 13.2 Å². The Hall–Kier alpha value is -0.330. The predicted molar refractivity (Wildman–Crippen MR) is 71.5 cm³/mol. The molecule has 2 rings (SSSR count). The van der Waals surface area contributed by atoms with Crippen LogP contribution < -0.4 is 5.32 Å². The van der Waals surface area contributed by atoms with Crippen LogP contribution in [0.25, 0.3) is 0 Å². The van der Waals surface area contributed by atoms with Gasteiger partial charge in [-0.05, 0) is 19.3 Å². The zero-order valence-corrected chi connectivity index (χ0v) is 12.1. The van der Waals surface area contributed by atoms with Crippen molar-refractivity contribution in [1.82, 2.24) is 10.2 Å². The van der Waals surface area contributed by atoms with Crippen LogP contribution in [-0.2, 0) is 4.74 Å². The topological polar surface area (TPSA) is 24.5 Å². The second-order valence-electron chi connectivity index (χ2n) is 6.01. The minimum Gasteiger partial charge on any atom is -0.311 e. The molecule has 0 bridgehead atoms. The quantitative estimate of drug-likeness (QED) is 0.863. The summed E-state index contributed by atoms with van der Waals surface area (Å²) in [5.41, 5.74) is 0.0544. The van der Waals surface area contributed by atoms with Crippen molar-refractivity contribution in [3.63, 3.8) is 0 Å². The summed E-state index contributed by atoms with van der Waals surface area (Å²) in [4.78, 5) is 2.25. The van der Waals surface area contributed by atoms with Crippen LogP contribution in [0.2, 0.25) is 0 Å². The average Bonchev–Trinajstić information content (AvgIpc) is 2.41. The van der Waals surface area contributed by atoms with E-state index in [2.05, 4.69) is 21.9 Å². The van der Waals surface area contributed by atoms with Crippen LogP contribution in [0.15, 0.2) is 0 Å². The van der Waals surface area contributed by atoms with E-state index in [1.165, 1.54) is 19.3 Å². The van der Waals surface area contributed by atoms with Gasteiger partial charge in [-0.3, -0.25) is 9.64 Å². The van der Waals surface area contributed by atoms with Crippen molar-refractivity contribution in [1.29, 1.82) is 0 Å². The highest BCUT2D eigenvalue weighted by atomic mass is 19.4. The molecule has 1 atom stereocenters. The van der Waals surface area contributed by atoms with E-state index in [1.807, 2.05) is 0 Å². The molecule has 1 saturated heterocycles. The van der Waals surface area contributed by atoms with Gasteiger partial charge in [0.25, 0.3) is 0 Å². The summed E-state index contributed by atoms with van der Waals surface area (Å²) >= 11 is 0. The molecule has 1 aliphatic carbocycles. The molecular weight excluding hydrogens is 269 g/mol. The maximum absolute atomic E-state index is 12.1. The van der Waals surface area contributed by atoms with E-state index in [-0.39, 0.29) is 12.1 Å². The van der Waals surface area contributed by atoms with Crippen molar-refractivity contribution < 1.29 is 17.9 Å². The van der Waals surface area contributed by atoms with Gasteiger partial charge in [-0.1, -0.05) is 26.2 Å². The summed E-state index contributed by atoms with van der Waals surface area (Å²) in [5, 5.41) is 3.56. The van der Waals surface area contributed by atoms with Crippen LogP contribution in [0.1, 0.15) is 45.4 Å². The molecule has 1 aliphatic heterocycles. The fourth-order valence-electron chi connectivity index (χ4n) is 3.55. The second-order valence-corrected chi connectivity index (χ2v) is 6.01. The molecule has 6 heteroatoms. The van der Waals surface area contributed by atoms with Gasteiger partial charge in [0.2, 0.25) is 0 Å². The molecule has 2 fully saturated rings. The molecule has 1 spiro atoms. The Morgan fingerprint density at radius 2 is 1.95 bits per heavy atom. The van der Waals surface area contributed by atoms with Crippen molar-refractivity contribution in [2.45, 2.75) is 63.4 Å². The summed E-state index contributed by atoms with van der Waals surface area (Å²) < 4.78 is 40.4. The molecule has 0 aromatic heterocycles. The molecule has 0 aromatic carbocycles. The first-order valence-corrected chi connectivity index (χ1v) is 7.64. The number of rotatable bonds is 4. The van der Waals surface area contributed by atoms with Gasteiger partial charge in [0.05, 0.1) is 6.61 Å². The van der Waals surface area contributed by atoms with E-state index in [1.54, 1.807) is 0 Å². The van der Waals surface area contributed by atoms with Crippen LogP contribution in [0.4, 0.5) is 13.2 Å². The van der Waals surface area contributed by atoms with Gasteiger partial charge in [0, 0.05) is 31.2 Å². The number of hydrogen-bond donors (Lipinski definition) is 1. The van der Waals surface area contributed by atoms with Crippen molar-refractivity contribution in [2.75, 3.05) is 26.2 Å². The zero-order chi connectivity index (χ0) is 14.6. The van der Waals surface area contributed by atoms with Crippen LogP contribution in [-0.4, -0.2) is 49.1 Å². The Labute approximate surface area is 118 Å². The van der Waals surface area contributed by atoms with Crippen molar-refractivity contribution in [3.8, 4) is 0 Å². The first kappa shape index (κ1) is 16.0. The fraction of sp³-hybridized carbons (Fsp3) is 1.00. The Kier molecular flexibility index (Phi) is 5.31. The van der Waals surface area contributed by atoms with Gasteiger partial charge in [0.1, 0.15) is 0 Å². The summed E-state index contributed by atoms with van der Waals surface area (Å²) in [5.74, 6) is 0. The number of nitrogens with one attached hydrogen (secondary N) is 1. The predicted octanol–water partition coefficient (Wildman–Crippen LogP) is 2.91. The van der Waals surface area contributed by atoms with E-state index in [4.69, 9.17) is 0 Å². The maximum atomic E-state index is 12.1. The lowest BCUT2D eigenvalue weighted by molar-refractivity contribution is -0.325. The monoisotopic (exact) mass is 294 g/mol. The van der Waals surface area contributed by atoms with Gasteiger partial charge >= 0.3 is 6.36 Å². The number of hydrogen-bond acceptors (Lipinski definition) is 3. The highest BCUT2D eigenvalue weighted by Crippen LogP contribution is 2.35. The molecule has 0 amide bonds. The standard InChI is InChI=1S/C14H25F3N2O/c1-2-12-10-19(8-9-20-14(15,16)17)13(11-18-12)6-4-3-5-7-13/h12,18H,2-11H2,1H3. The number of halogens is 3. The van der Waals surface area contributed by atoms with E-state index in [0.717, 1.165) is 32.4 Å². The SMILES string of the molecule is CCC1CN(CCOC(F)(F)F)C2(CCCCC2)CN1. The molecule has 3 nitrogen and oxygen atoms in total. The van der Waals surface area contributed by atoms with E-state index in [0.29, 0.717) is 12.6 Å². The Morgan fingerprint density at radius 1 is 1.25 bits per heavy atom. The molecule has 2 aliphatic rings. The lowest BCUT2D eigenvalue weighted by atomic mass is 9.78. The molecule has 1 unspecified atom stereocenters. The number of ether oxygens (including phenoxy) is 1. The molecule has 0 radical (unpaired) electrons. The maximum Gasteiger partial charge on any atom is 0.522 e. The Balaban J connectivity index is 1.95. The summed E-state index contributed by atoms with van der Waals surface area (Å²) in [6.45, 7) is 3.95. The van der Waals surface area contributed by atoms with Gasteiger partial charge < -0.3 is 5.32 Å². The van der Waals surface area contributed by atoms with Crippen LogP contribution in [0, 0.1) is 0 Å². The highest BCUT2D eigenvalue weighted by Gasteiger charge is 2.42. The lowest BCUT2D eigenvalue weighted by Crippen LogP contribution is -2.65. The van der Waals surface area contributed by atoms with Crippen molar-refractivity contribution >= 4 is 0 Å². The smallest absolute Gasteiger partial charge is 0.311 e. The minimum atomic E-state index is -4.52. The summed E-state index contributed by atoms with van der Waals surface area (Å²) in [7, 11) is 0.